The standard InChI is InChI=1S/C24H19F2N7O4/c25-14-2-3-17-18(9-14)22(34)31-30-21(17)8-13-1-4-20(26)19(7-13)23(35)32-6-5-15(12-32)29-24-27-10-16(11-28-24)33(36)37/h1-4,7,9-11,15H,5-6,8,12H2,(H,31,34)(H,27,28,29)/t15-/m1/s1. The Kier molecular flexibility index (Phi) is 6.26. The first kappa shape index (κ1) is 23.9. The summed E-state index contributed by atoms with van der Waals surface area (Å²) < 4.78 is 28.3. The Morgan fingerprint density at radius 1 is 1.16 bits per heavy atom. The zero-order valence-corrected chi connectivity index (χ0v) is 19.1. The van der Waals surface area contributed by atoms with Crippen LogP contribution < -0.4 is 10.9 Å². The SMILES string of the molecule is O=C(c1cc(Cc2n[nH]c(=O)c3cc(F)ccc23)ccc1F)N1CC[C@@H](Nc2ncc([N+](=O)[O-])cn2)C1. The molecule has 1 aliphatic rings. The Balaban J connectivity index is 1.31. The fraction of sp³-hybridized carbons (Fsp3) is 0.208. The van der Waals surface area contributed by atoms with E-state index in [-0.39, 0.29) is 41.6 Å². The number of carbonyl (C=O) groups is 1. The number of hydrogen-bond acceptors (Lipinski definition) is 8. The summed E-state index contributed by atoms with van der Waals surface area (Å²) >= 11 is 0. The molecule has 1 fully saturated rings. The van der Waals surface area contributed by atoms with Crippen molar-refractivity contribution in [1.29, 1.82) is 0 Å². The van der Waals surface area contributed by atoms with Gasteiger partial charge in [-0.05, 0) is 42.3 Å². The van der Waals surface area contributed by atoms with Crippen molar-refractivity contribution in [2.75, 3.05) is 18.4 Å². The van der Waals surface area contributed by atoms with Gasteiger partial charge in [-0.1, -0.05) is 6.07 Å². The van der Waals surface area contributed by atoms with Gasteiger partial charge in [0, 0.05) is 30.9 Å². The van der Waals surface area contributed by atoms with Crippen molar-refractivity contribution in [3.63, 3.8) is 0 Å². The second-order valence-electron chi connectivity index (χ2n) is 8.58. The average molecular weight is 507 g/mol. The molecule has 1 saturated heterocycles. The molecule has 0 spiro atoms. The number of aromatic amines is 1. The molecule has 2 N–H and O–H groups in total. The molecule has 0 bridgehead atoms. The number of H-pyrrole nitrogens is 1. The Bertz CT molecular complexity index is 1580. The van der Waals surface area contributed by atoms with Crippen LogP contribution in [0.3, 0.4) is 0 Å². The first-order valence-electron chi connectivity index (χ1n) is 11.3. The van der Waals surface area contributed by atoms with Crippen molar-refractivity contribution in [3.8, 4) is 0 Å². The molecule has 0 aliphatic carbocycles. The molecule has 1 atom stereocenters. The molecular weight excluding hydrogens is 488 g/mol. The molecule has 37 heavy (non-hydrogen) atoms. The van der Waals surface area contributed by atoms with Gasteiger partial charge in [0.25, 0.3) is 11.5 Å². The topological polar surface area (TPSA) is 147 Å². The third kappa shape index (κ3) is 4.96. The zero-order valence-electron chi connectivity index (χ0n) is 19.1. The molecule has 1 aliphatic heterocycles. The van der Waals surface area contributed by atoms with E-state index in [1.807, 2.05) is 0 Å². The van der Waals surface area contributed by atoms with Crippen LogP contribution in [0.25, 0.3) is 10.8 Å². The predicted octanol–water partition coefficient (Wildman–Crippen LogP) is 2.82. The molecule has 2 aromatic carbocycles. The van der Waals surface area contributed by atoms with E-state index in [1.165, 1.54) is 35.2 Å². The molecule has 0 unspecified atom stereocenters. The Morgan fingerprint density at radius 3 is 2.70 bits per heavy atom. The highest BCUT2D eigenvalue weighted by molar-refractivity contribution is 5.95. The third-order valence-electron chi connectivity index (χ3n) is 6.12. The Hall–Kier alpha value is -4.81. The highest BCUT2D eigenvalue weighted by Gasteiger charge is 2.29. The summed E-state index contributed by atoms with van der Waals surface area (Å²) in [6, 6.07) is 7.77. The molecule has 2 aromatic heterocycles. The lowest BCUT2D eigenvalue weighted by atomic mass is 10.0. The lowest BCUT2D eigenvalue weighted by Crippen LogP contribution is -2.32. The van der Waals surface area contributed by atoms with Crippen molar-refractivity contribution in [1.82, 2.24) is 25.1 Å². The summed E-state index contributed by atoms with van der Waals surface area (Å²) in [5, 5.41) is 20.8. The van der Waals surface area contributed by atoms with Gasteiger partial charge in [-0.2, -0.15) is 5.10 Å². The van der Waals surface area contributed by atoms with Crippen LogP contribution in [0.5, 0.6) is 0 Å². The number of rotatable bonds is 6. The van der Waals surface area contributed by atoms with E-state index >= 15 is 0 Å². The quantitative estimate of drug-likeness (QED) is 0.299. The van der Waals surface area contributed by atoms with E-state index < -0.39 is 28.0 Å². The number of nitrogens with one attached hydrogen (secondary N) is 2. The normalized spacial score (nSPS) is 15.2. The second-order valence-corrected chi connectivity index (χ2v) is 8.58. The molecule has 11 nitrogen and oxygen atoms in total. The first-order chi connectivity index (χ1) is 17.8. The number of likely N-dealkylation sites (tertiary alicyclic amines) is 1. The minimum absolute atomic E-state index is 0.107. The summed E-state index contributed by atoms with van der Waals surface area (Å²) in [5.41, 5.74) is 0.173. The highest BCUT2D eigenvalue weighted by atomic mass is 19.1. The molecule has 13 heteroatoms. The number of amides is 1. The lowest BCUT2D eigenvalue weighted by molar-refractivity contribution is -0.385. The molecule has 3 heterocycles. The van der Waals surface area contributed by atoms with Gasteiger partial charge in [0.2, 0.25) is 5.95 Å². The number of fused-ring (bicyclic) bond motifs is 1. The van der Waals surface area contributed by atoms with Gasteiger partial charge >= 0.3 is 5.69 Å². The number of nitrogens with zero attached hydrogens (tertiary/aromatic N) is 5. The van der Waals surface area contributed by atoms with Gasteiger partial charge in [0.1, 0.15) is 24.0 Å². The van der Waals surface area contributed by atoms with Gasteiger partial charge in [-0.25, -0.2) is 23.8 Å². The van der Waals surface area contributed by atoms with E-state index in [0.29, 0.717) is 29.6 Å². The summed E-state index contributed by atoms with van der Waals surface area (Å²) in [7, 11) is 0. The highest BCUT2D eigenvalue weighted by Crippen LogP contribution is 2.22. The van der Waals surface area contributed by atoms with Gasteiger partial charge < -0.3 is 10.2 Å². The predicted molar refractivity (Wildman–Crippen MR) is 128 cm³/mol. The summed E-state index contributed by atoms with van der Waals surface area (Å²) in [4.78, 5) is 44.6. The van der Waals surface area contributed by atoms with Crippen LogP contribution in [0.2, 0.25) is 0 Å². The molecule has 1 amide bonds. The van der Waals surface area contributed by atoms with Crippen LogP contribution in [-0.2, 0) is 6.42 Å². The number of hydrogen-bond donors (Lipinski definition) is 2. The largest absolute Gasteiger partial charge is 0.350 e. The van der Waals surface area contributed by atoms with Crippen molar-refractivity contribution in [2.45, 2.75) is 18.9 Å². The zero-order chi connectivity index (χ0) is 26.1. The van der Waals surface area contributed by atoms with Crippen molar-refractivity contribution >= 4 is 28.3 Å². The fourth-order valence-corrected chi connectivity index (χ4v) is 4.27. The minimum atomic E-state index is -0.676. The first-order valence-corrected chi connectivity index (χ1v) is 11.3. The van der Waals surface area contributed by atoms with Gasteiger partial charge in [-0.15, -0.1) is 0 Å². The van der Waals surface area contributed by atoms with E-state index in [0.717, 1.165) is 18.5 Å². The molecule has 5 rings (SSSR count). The Morgan fingerprint density at radius 2 is 1.95 bits per heavy atom. The maximum absolute atomic E-state index is 14.7. The molecule has 0 saturated carbocycles. The van der Waals surface area contributed by atoms with Crippen LogP contribution >= 0.6 is 0 Å². The van der Waals surface area contributed by atoms with Crippen LogP contribution in [0.1, 0.15) is 28.0 Å². The minimum Gasteiger partial charge on any atom is -0.350 e. The molecule has 0 radical (unpaired) electrons. The maximum atomic E-state index is 14.7. The van der Waals surface area contributed by atoms with Crippen LogP contribution in [-0.4, -0.2) is 55.0 Å². The van der Waals surface area contributed by atoms with Crippen molar-refractivity contribution in [2.24, 2.45) is 0 Å². The van der Waals surface area contributed by atoms with Gasteiger partial charge in [0.05, 0.1) is 21.6 Å². The van der Waals surface area contributed by atoms with E-state index in [2.05, 4.69) is 25.5 Å². The molecule has 188 valence electrons. The average Bonchev–Trinajstić information content (AvgIpc) is 3.35. The van der Waals surface area contributed by atoms with Gasteiger partial charge in [-0.3, -0.25) is 19.7 Å². The van der Waals surface area contributed by atoms with Crippen molar-refractivity contribution in [3.05, 3.63) is 97.7 Å². The van der Waals surface area contributed by atoms with E-state index in [1.54, 1.807) is 0 Å². The molecular formula is C24H19F2N7O4. The summed E-state index contributed by atoms with van der Waals surface area (Å²) in [5.74, 6) is -1.53. The number of aromatic nitrogens is 4. The monoisotopic (exact) mass is 507 g/mol. The summed E-state index contributed by atoms with van der Waals surface area (Å²) in [6.07, 6.45) is 2.91. The number of anilines is 1. The maximum Gasteiger partial charge on any atom is 0.305 e. The number of benzene rings is 2. The van der Waals surface area contributed by atoms with E-state index in [9.17, 15) is 28.5 Å². The van der Waals surface area contributed by atoms with Crippen molar-refractivity contribution < 1.29 is 18.5 Å². The van der Waals surface area contributed by atoms with Crippen LogP contribution in [0.15, 0.2) is 53.6 Å². The number of carbonyl (C=O) groups excluding carboxylic acids is 1. The summed E-state index contributed by atoms with van der Waals surface area (Å²) in [6.45, 7) is 0.630. The van der Waals surface area contributed by atoms with Crippen LogP contribution in [0.4, 0.5) is 20.4 Å². The smallest absolute Gasteiger partial charge is 0.305 e. The molecule has 4 aromatic rings. The Labute approximate surface area is 207 Å². The van der Waals surface area contributed by atoms with Gasteiger partial charge in [0.15, 0.2) is 0 Å². The third-order valence-corrected chi connectivity index (χ3v) is 6.12. The number of nitro groups is 1. The second kappa shape index (κ2) is 9.68. The number of halogens is 2. The van der Waals surface area contributed by atoms with E-state index in [4.69, 9.17) is 0 Å². The van der Waals surface area contributed by atoms with Crippen LogP contribution in [0, 0.1) is 21.7 Å². The fourth-order valence-electron chi connectivity index (χ4n) is 4.27. The lowest BCUT2D eigenvalue weighted by Gasteiger charge is -2.18.